The lowest BCUT2D eigenvalue weighted by Gasteiger charge is -2.35. The molecule has 4 aliphatic rings. The van der Waals surface area contributed by atoms with Crippen molar-refractivity contribution in [3.63, 3.8) is 0 Å². The average Bonchev–Trinajstić information content (AvgIpc) is 3.03. The zero-order chi connectivity index (χ0) is 16.6. The fraction of sp³-hybridized carbons (Fsp3) is 0.933. The lowest BCUT2D eigenvalue weighted by atomic mass is 9.89. The summed E-state index contributed by atoms with van der Waals surface area (Å²) < 4.78 is 33.8. The van der Waals surface area contributed by atoms with Crippen LogP contribution in [0, 0.1) is 5.92 Å². The highest BCUT2D eigenvalue weighted by molar-refractivity contribution is 5.75. The van der Waals surface area contributed by atoms with Gasteiger partial charge in [0, 0.05) is 0 Å². The molecular formula is C15H22O8. The molecule has 130 valence electrons. The van der Waals surface area contributed by atoms with Gasteiger partial charge in [-0.3, -0.25) is 4.79 Å². The lowest BCUT2D eigenvalue weighted by molar-refractivity contribution is -0.268. The standard InChI is InChI=1S/C15H22O8/c1-14(2)18-5-6(21-14)8(16)7-9-10-11(23-15(3,4)22-10)13(19-9)20-12(7)17/h6-11,13,16H,5H2,1-4H3/t6-,7-,8-,9+,10+,11+,13-/m1/s1. The van der Waals surface area contributed by atoms with Gasteiger partial charge < -0.3 is 33.5 Å². The SMILES string of the molecule is CC1(C)O[C@@H]2[C@H](O1)[C@H]1OC(=O)[C@H]([C@H](O)[C@H]3COC(C)(C)O3)[C@@H]2O1. The van der Waals surface area contributed by atoms with E-state index >= 15 is 0 Å². The Kier molecular flexibility index (Phi) is 3.33. The summed E-state index contributed by atoms with van der Waals surface area (Å²) in [7, 11) is 0. The Bertz CT molecular complexity index is 518. The third-order valence-electron chi connectivity index (χ3n) is 4.68. The molecule has 0 saturated carbocycles. The molecule has 2 bridgehead atoms. The van der Waals surface area contributed by atoms with Crippen molar-refractivity contribution in [1.82, 2.24) is 0 Å². The van der Waals surface area contributed by atoms with Gasteiger partial charge in [0.1, 0.15) is 24.2 Å². The molecule has 4 heterocycles. The predicted octanol–water partition coefficient (Wildman–Crippen LogP) is -0.0832. The second-order valence-corrected chi connectivity index (χ2v) is 7.35. The van der Waals surface area contributed by atoms with Crippen LogP contribution in [-0.2, 0) is 33.2 Å². The minimum absolute atomic E-state index is 0.199. The Morgan fingerprint density at radius 3 is 2.39 bits per heavy atom. The second kappa shape index (κ2) is 4.87. The maximum Gasteiger partial charge on any atom is 0.316 e. The van der Waals surface area contributed by atoms with Crippen molar-refractivity contribution < 1.29 is 38.3 Å². The summed E-state index contributed by atoms with van der Waals surface area (Å²) >= 11 is 0. The summed E-state index contributed by atoms with van der Waals surface area (Å²) in [4.78, 5) is 12.3. The molecule has 4 saturated heterocycles. The second-order valence-electron chi connectivity index (χ2n) is 7.35. The number of aliphatic hydroxyl groups excluding tert-OH is 1. The van der Waals surface area contributed by atoms with Crippen molar-refractivity contribution in [2.45, 2.75) is 76.1 Å². The summed E-state index contributed by atoms with van der Waals surface area (Å²) in [6, 6.07) is 0. The maximum absolute atomic E-state index is 12.3. The molecule has 1 N–H and O–H groups in total. The molecule has 0 aromatic carbocycles. The smallest absolute Gasteiger partial charge is 0.316 e. The Morgan fingerprint density at radius 1 is 1.04 bits per heavy atom. The Morgan fingerprint density at radius 2 is 1.74 bits per heavy atom. The van der Waals surface area contributed by atoms with E-state index in [0.29, 0.717) is 0 Å². The first-order valence-corrected chi connectivity index (χ1v) is 7.88. The van der Waals surface area contributed by atoms with Crippen molar-refractivity contribution in [3.05, 3.63) is 0 Å². The number of ether oxygens (including phenoxy) is 6. The molecule has 8 nitrogen and oxygen atoms in total. The van der Waals surface area contributed by atoms with Crippen LogP contribution in [0.3, 0.4) is 0 Å². The number of carbonyl (C=O) groups excluding carboxylic acids is 1. The number of carbonyl (C=O) groups is 1. The van der Waals surface area contributed by atoms with E-state index < -0.39 is 60.3 Å². The number of hydrogen-bond acceptors (Lipinski definition) is 8. The highest BCUT2D eigenvalue weighted by atomic mass is 16.8. The van der Waals surface area contributed by atoms with Crippen molar-refractivity contribution in [3.8, 4) is 0 Å². The summed E-state index contributed by atoms with van der Waals surface area (Å²) in [5, 5.41) is 10.7. The monoisotopic (exact) mass is 330 g/mol. The summed E-state index contributed by atoms with van der Waals surface area (Å²) in [5.74, 6) is -2.99. The van der Waals surface area contributed by atoms with Crippen LogP contribution >= 0.6 is 0 Å². The molecule has 8 heteroatoms. The number of hydrogen-bond donors (Lipinski definition) is 1. The first-order valence-electron chi connectivity index (χ1n) is 7.88. The molecule has 0 unspecified atom stereocenters. The van der Waals surface area contributed by atoms with Crippen LogP contribution in [0.15, 0.2) is 0 Å². The first-order chi connectivity index (χ1) is 10.7. The minimum Gasteiger partial charge on any atom is -0.432 e. The van der Waals surface area contributed by atoms with Crippen LogP contribution in [0.2, 0.25) is 0 Å². The Labute approximate surface area is 133 Å². The fourth-order valence-electron chi connectivity index (χ4n) is 3.75. The molecule has 4 aliphatic heterocycles. The maximum atomic E-state index is 12.3. The van der Waals surface area contributed by atoms with Gasteiger partial charge in [0.2, 0.25) is 6.29 Å². The van der Waals surface area contributed by atoms with E-state index in [9.17, 15) is 9.90 Å². The third kappa shape index (κ3) is 2.48. The predicted molar refractivity (Wildman–Crippen MR) is 73.0 cm³/mol. The van der Waals surface area contributed by atoms with E-state index in [1.165, 1.54) is 0 Å². The van der Waals surface area contributed by atoms with Crippen LogP contribution in [0.25, 0.3) is 0 Å². The van der Waals surface area contributed by atoms with Gasteiger partial charge in [-0.15, -0.1) is 0 Å². The van der Waals surface area contributed by atoms with Crippen molar-refractivity contribution in [1.29, 1.82) is 0 Å². The third-order valence-corrected chi connectivity index (χ3v) is 4.68. The highest BCUT2D eigenvalue weighted by Crippen LogP contribution is 2.46. The van der Waals surface area contributed by atoms with Crippen LogP contribution < -0.4 is 0 Å². The molecule has 7 atom stereocenters. The van der Waals surface area contributed by atoms with Crippen LogP contribution in [-0.4, -0.2) is 66.1 Å². The number of rotatable bonds is 2. The van der Waals surface area contributed by atoms with E-state index in [-0.39, 0.29) is 6.61 Å². The van der Waals surface area contributed by atoms with E-state index in [1.54, 1.807) is 27.7 Å². The van der Waals surface area contributed by atoms with Gasteiger partial charge in [0.15, 0.2) is 17.7 Å². The molecule has 4 rings (SSSR count). The van der Waals surface area contributed by atoms with E-state index in [0.717, 1.165) is 0 Å². The van der Waals surface area contributed by atoms with Crippen LogP contribution in [0.5, 0.6) is 0 Å². The Balaban J connectivity index is 1.56. The molecule has 0 aliphatic carbocycles. The fourth-order valence-corrected chi connectivity index (χ4v) is 3.75. The summed E-state index contributed by atoms with van der Waals surface area (Å²) in [6.45, 7) is 7.31. The van der Waals surface area contributed by atoms with Gasteiger partial charge >= 0.3 is 5.97 Å². The largest absolute Gasteiger partial charge is 0.432 e. The molecule has 0 aromatic heterocycles. The molecule has 4 fully saturated rings. The van der Waals surface area contributed by atoms with Gasteiger partial charge in [-0.2, -0.15) is 0 Å². The zero-order valence-corrected chi connectivity index (χ0v) is 13.6. The van der Waals surface area contributed by atoms with Gasteiger partial charge in [-0.1, -0.05) is 0 Å². The lowest BCUT2D eigenvalue weighted by Crippen LogP contribution is -2.52. The molecule has 23 heavy (non-hydrogen) atoms. The summed E-state index contributed by atoms with van der Waals surface area (Å²) in [6.07, 6.45) is -4.10. The molecule has 0 radical (unpaired) electrons. The van der Waals surface area contributed by atoms with Gasteiger partial charge in [0.25, 0.3) is 0 Å². The molecule has 0 aromatic rings. The number of esters is 1. The van der Waals surface area contributed by atoms with E-state index in [1.807, 2.05) is 0 Å². The van der Waals surface area contributed by atoms with Crippen molar-refractivity contribution in [2.24, 2.45) is 5.92 Å². The zero-order valence-electron chi connectivity index (χ0n) is 13.6. The Hall–Kier alpha value is -0.770. The van der Waals surface area contributed by atoms with Gasteiger partial charge in [-0.25, -0.2) is 0 Å². The highest BCUT2D eigenvalue weighted by Gasteiger charge is 2.65. The number of fused-ring (bicyclic) bond motifs is 5. The van der Waals surface area contributed by atoms with E-state index in [2.05, 4.69) is 0 Å². The molecule has 0 spiro atoms. The van der Waals surface area contributed by atoms with Gasteiger partial charge in [0.05, 0.1) is 12.7 Å². The van der Waals surface area contributed by atoms with Crippen molar-refractivity contribution in [2.75, 3.05) is 6.61 Å². The minimum atomic E-state index is -1.11. The molecular weight excluding hydrogens is 308 g/mol. The quantitative estimate of drug-likeness (QED) is 0.703. The molecule has 0 amide bonds. The first kappa shape index (κ1) is 15.7. The summed E-state index contributed by atoms with van der Waals surface area (Å²) in [5.41, 5.74) is 0. The van der Waals surface area contributed by atoms with Crippen LogP contribution in [0.4, 0.5) is 0 Å². The normalized spacial score (nSPS) is 48.1. The van der Waals surface area contributed by atoms with Crippen LogP contribution in [0.1, 0.15) is 27.7 Å². The van der Waals surface area contributed by atoms with E-state index in [4.69, 9.17) is 28.4 Å². The number of aliphatic hydroxyl groups is 1. The van der Waals surface area contributed by atoms with Crippen molar-refractivity contribution >= 4 is 5.97 Å². The average molecular weight is 330 g/mol. The topological polar surface area (TPSA) is 92.7 Å². The van der Waals surface area contributed by atoms with Gasteiger partial charge in [-0.05, 0) is 27.7 Å².